The molecule has 0 aliphatic heterocycles. The molecule has 1 aromatic carbocycles. The van der Waals surface area contributed by atoms with Gasteiger partial charge in [0.25, 0.3) is 5.91 Å². The first-order chi connectivity index (χ1) is 10.0. The maximum Gasteiger partial charge on any atom is 0.271 e. The summed E-state index contributed by atoms with van der Waals surface area (Å²) in [5, 5.41) is 3.50. The molecule has 0 atom stereocenters. The maximum atomic E-state index is 12.0. The zero-order chi connectivity index (χ0) is 15.4. The molecule has 2 rings (SSSR count). The lowest BCUT2D eigenvalue weighted by atomic mass is 10.2. The second kappa shape index (κ2) is 6.47. The molecule has 9 heteroatoms. The number of benzene rings is 1. The van der Waals surface area contributed by atoms with Crippen molar-refractivity contribution in [3.8, 4) is 0 Å². The lowest BCUT2D eigenvalue weighted by Crippen LogP contribution is -2.30. The van der Waals surface area contributed by atoms with Crippen LogP contribution in [0.2, 0.25) is 10.0 Å². The molecule has 5 N–H and O–H groups in total. The number of hydrogen-bond donors (Lipinski definition) is 4. The van der Waals surface area contributed by atoms with Crippen LogP contribution < -0.4 is 21.9 Å². The fraction of sp³-hybridized carbons (Fsp3) is 0.0833. The number of hydrogen-bond acceptors (Lipinski definition) is 6. The summed E-state index contributed by atoms with van der Waals surface area (Å²) in [4.78, 5) is 19.9. The van der Waals surface area contributed by atoms with Crippen LogP contribution in [-0.4, -0.2) is 22.9 Å². The Morgan fingerprint density at radius 2 is 1.95 bits per heavy atom. The van der Waals surface area contributed by atoms with Gasteiger partial charge in [-0.05, 0) is 18.2 Å². The molecule has 0 fully saturated rings. The molecule has 0 unspecified atom stereocenters. The van der Waals surface area contributed by atoms with Crippen molar-refractivity contribution in [1.29, 1.82) is 0 Å². The van der Waals surface area contributed by atoms with Crippen LogP contribution in [0.3, 0.4) is 0 Å². The fourth-order valence-corrected chi connectivity index (χ4v) is 2.05. The van der Waals surface area contributed by atoms with Crippen molar-refractivity contribution in [2.75, 3.05) is 23.5 Å². The zero-order valence-corrected chi connectivity index (χ0v) is 12.5. The van der Waals surface area contributed by atoms with E-state index < -0.39 is 5.91 Å². The number of carbonyl (C=O) groups is 1. The van der Waals surface area contributed by atoms with Gasteiger partial charge in [0, 0.05) is 12.1 Å². The minimum absolute atomic E-state index is 0.244. The molecule has 1 amide bonds. The molecule has 0 saturated carbocycles. The van der Waals surface area contributed by atoms with Crippen molar-refractivity contribution < 1.29 is 4.79 Å². The number of nitrogens with two attached hydrogens (primary N) is 1. The third kappa shape index (κ3) is 3.45. The Morgan fingerprint density at radius 1 is 1.24 bits per heavy atom. The first-order valence-corrected chi connectivity index (χ1v) is 6.58. The van der Waals surface area contributed by atoms with E-state index in [-0.39, 0.29) is 22.1 Å². The van der Waals surface area contributed by atoms with Crippen molar-refractivity contribution in [3.63, 3.8) is 0 Å². The molecule has 2 aromatic rings. The minimum Gasteiger partial charge on any atom is -0.393 e. The van der Waals surface area contributed by atoms with Crippen LogP contribution in [-0.2, 0) is 0 Å². The largest absolute Gasteiger partial charge is 0.393 e. The maximum absolute atomic E-state index is 12.0. The monoisotopic (exact) mass is 326 g/mol. The molecule has 0 bridgehead atoms. The van der Waals surface area contributed by atoms with Gasteiger partial charge in [-0.3, -0.25) is 15.6 Å². The number of aromatic nitrogens is 2. The van der Waals surface area contributed by atoms with Gasteiger partial charge in [0.2, 0.25) is 0 Å². The Kier molecular flexibility index (Phi) is 4.66. The third-order valence-electron chi connectivity index (χ3n) is 2.59. The number of anilines is 3. The molecule has 0 aliphatic carbocycles. The van der Waals surface area contributed by atoms with Crippen LogP contribution in [0.1, 0.15) is 10.4 Å². The van der Waals surface area contributed by atoms with Gasteiger partial charge >= 0.3 is 0 Å². The van der Waals surface area contributed by atoms with Gasteiger partial charge < -0.3 is 11.1 Å². The summed E-state index contributed by atoms with van der Waals surface area (Å²) >= 11 is 11.7. The average molecular weight is 327 g/mol. The SMILES string of the molecule is CNc1ncnc(NNC(=O)c2ccc(Cl)cc2Cl)c1N. The summed E-state index contributed by atoms with van der Waals surface area (Å²) in [6.07, 6.45) is 1.31. The van der Waals surface area contributed by atoms with E-state index in [9.17, 15) is 4.79 Å². The van der Waals surface area contributed by atoms with E-state index in [4.69, 9.17) is 28.9 Å². The summed E-state index contributed by atoms with van der Waals surface area (Å²) in [5.41, 5.74) is 11.5. The molecule has 0 aliphatic rings. The summed E-state index contributed by atoms with van der Waals surface area (Å²) in [5.74, 6) is 0.278. The molecule has 1 aromatic heterocycles. The van der Waals surface area contributed by atoms with Crippen LogP contribution in [0.5, 0.6) is 0 Å². The molecule has 0 saturated heterocycles. The predicted molar refractivity (Wildman–Crippen MR) is 83.5 cm³/mol. The van der Waals surface area contributed by atoms with E-state index in [1.807, 2.05) is 0 Å². The molecule has 110 valence electrons. The van der Waals surface area contributed by atoms with Gasteiger partial charge in [-0.15, -0.1) is 0 Å². The van der Waals surface area contributed by atoms with Gasteiger partial charge in [-0.25, -0.2) is 9.97 Å². The van der Waals surface area contributed by atoms with Crippen molar-refractivity contribution in [2.45, 2.75) is 0 Å². The van der Waals surface area contributed by atoms with Crippen LogP contribution in [0, 0.1) is 0 Å². The number of halogens is 2. The van der Waals surface area contributed by atoms with Gasteiger partial charge in [-0.1, -0.05) is 23.2 Å². The molecule has 21 heavy (non-hydrogen) atoms. The zero-order valence-electron chi connectivity index (χ0n) is 10.9. The molecular formula is C12H12Cl2N6O. The molecule has 0 spiro atoms. The molecular weight excluding hydrogens is 315 g/mol. The molecule has 1 heterocycles. The van der Waals surface area contributed by atoms with Gasteiger partial charge in [0.15, 0.2) is 11.6 Å². The van der Waals surface area contributed by atoms with Crippen LogP contribution in [0.4, 0.5) is 17.3 Å². The highest BCUT2D eigenvalue weighted by atomic mass is 35.5. The highest BCUT2D eigenvalue weighted by Crippen LogP contribution is 2.22. The van der Waals surface area contributed by atoms with E-state index in [1.54, 1.807) is 13.1 Å². The summed E-state index contributed by atoms with van der Waals surface area (Å²) < 4.78 is 0. The standard InChI is InChI=1S/C12H12Cl2N6O/c1-16-10-9(15)11(18-5-17-10)19-20-12(21)7-3-2-6(13)4-8(7)14/h2-5H,15H2,1H3,(H,20,21)(H2,16,17,18,19). The summed E-state index contributed by atoms with van der Waals surface area (Å²) in [6, 6.07) is 4.57. The van der Waals surface area contributed by atoms with Gasteiger partial charge in [0.05, 0.1) is 10.6 Å². The predicted octanol–water partition coefficient (Wildman–Crippen LogP) is 2.16. The number of nitrogens with zero attached hydrogens (tertiary/aromatic N) is 2. The topological polar surface area (TPSA) is 105 Å². The van der Waals surface area contributed by atoms with Gasteiger partial charge in [0.1, 0.15) is 12.0 Å². The normalized spacial score (nSPS) is 10.0. The summed E-state index contributed by atoms with van der Waals surface area (Å²) in [6.45, 7) is 0. The van der Waals surface area contributed by atoms with E-state index >= 15 is 0 Å². The van der Waals surface area contributed by atoms with Crippen molar-refractivity contribution in [2.24, 2.45) is 0 Å². The average Bonchev–Trinajstić information content (AvgIpc) is 2.46. The highest BCUT2D eigenvalue weighted by Gasteiger charge is 2.12. The molecule has 0 radical (unpaired) electrons. The van der Waals surface area contributed by atoms with E-state index in [0.29, 0.717) is 10.8 Å². The van der Waals surface area contributed by atoms with E-state index in [0.717, 1.165) is 0 Å². The number of carbonyl (C=O) groups excluding carboxylic acids is 1. The Balaban J connectivity index is 2.11. The lowest BCUT2D eigenvalue weighted by molar-refractivity contribution is 0.0962. The Bertz CT molecular complexity index is 679. The van der Waals surface area contributed by atoms with Gasteiger partial charge in [-0.2, -0.15) is 0 Å². The van der Waals surface area contributed by atoms with Crippen molar-refractivity contribution in [3.05, 3.63) is 40.1 Å². The number of amides is 1. The number of nitrogens with one attached hydrogen (secondary N) is 3. The van der Waals surface area contributed by atoms with Crippen molar-refractivity contribution >= 4 is 46.4 Å². The fourth-order valence-electron chi connectivity index (χ4n) is 1.55. The summed E-state index contributed by atoms with van der Waals surface area (Å²) in [7, 11) is 1.68. The number of nitrogen functional groups attached to an aromatic ring is 1. The minimum atomic E-state index is -0.444. The van der Waals surface area contributed by atoms with Crippen LogP contribution in [0.15, 0.2) is 24.5 Å². The molecule has 7 nitrogen and oxygen atoms in total. The first kappa shape index (κ1) is 15.1. The third-order valence-corrected chi connectivity index (χ3v) is 3.14. The van der Waals surface area contributed by atoms with Crippen LogP contribution in [0.25, 0.3) is 0 Å². The van der Waals surface area contributed by atoms with E-state index in [1.165, 1.54) is 18.5 Å². The van der Waals surface area contributed by atoms with E-state index in [2.05, 4.69) is 26.1 Å². The van der Waals surface area contributed by atoms with Crippen LogP contribution >= 0.6 is 23.2 Å². The number of hydrazine groups is 1. The lowest BCUT2D eigenvalue weighted by Gasteiger charge is -2.12. The second-order valence-electron chi connectivity index (χ2n) is 3.94. The van der Waals surface area contributed by atoms with Crippen molar-refractivity contribution in [1.82, 2.24) is 15.4 Å². The number of rotatable bonds is 4. The Labute approximate surface area is 130 Å². The quantitative estimate of drug-likeness (QED) is 0.642. The first-order valence-electron chi connectivity index (χ1n) is 5.82. The Morgan fingerprint density at radius 3 is 2.62 bits per heavy atom. The Hall–Kier alpha value is -2.25. The highest BCUT2D eigenvalue weighted by molar-refractivity contribution is 6.36. The second-order valence-corrected chi connectivity index (χ2v) is 4.78. The smallest absolute Gasteiger partial charge is 0.271 e.